The molecule has 1 aromatic heterocycles. The Bertz CT molecular complexity index is 898. The molecule has 1 heterocycles. The maximum absolute atomic E-state index is 12.3. The second kappa shape index (κ2) is 7.62. The van der Waals surface area contributed by atoms with Gasteiger partial charge in [-0.25, -0.2) is 0 Å². The maximum Gasteiger partial charge on any atom is 0.253 e. The third-order valence-electron chi connectivity index (χ3n) is 3.43. The summed E-state index contributed by atoms with van der Waals surface area (Å²) in [6.07, 6.45) is 0. The van der Waals surface area contributed by atoms with E-state index in [1.165, 1.54) is 0 Å². The number of carbonyl (C=O) groups is 1. The van der Waals surface area contributed by atoms with Crippen LogP contribution in [0.1, 0.15) is 16.2 Å². The van der Waals surface area contributed by atoms with Gasteiger partial charge in [0.25, 0.3) is 5.91 Å². The van der Waals surface area contributed by atoms with Gasteiger partial charge in [0, 0.05) is 4.47 Å². The van der Waals surface area contributed by atoms with Gasteiger partial charge in [-0.15, -0.1) is 5.10 Å². The molecule has 3 aromatic rings. The number of hydrogen-bond acceptors (Lipinski definition) is 5. The number of tetrazole rings is 1. The predicted octanol–water partition coefficient (Wildman–Crippen LogP) is 3.02. The van der Waals surface area contributed by atoms with E-state index in [0.717, 1.165) is 15.9 Å². The van der Waals surface area contributed by atoms with Crippen molar-refractivity contribution >= 4 is 33.4 Å². The molecule has 7 nitrogen and oxygen atoms in total. The fraction of sp³-hybridized carbons (Fsp3) is 0.125. The SMILES string of the molecule is COc1ccc(-n2nnnc2CNC(=O)c2cc(Br)ccc2Cl)cc1. The van der Waals surface area contributed by atoms with Crippen LogP contribution in [0, 0.1) is 0 Å². The van der Waals surface area contributed by atoms with Crippen molar-refractivity contribution in [1.82, 2.24) is 25.5 Å². The molecular formula is C16H13BrClN5O2. The van der Waals surface area contributed by atoms with Crippen molar-refractivity contribution in [3.05, 3.63) is 63.3 Å². The van der Waals surface area contributed by atoms with Crippen molar-refractivity contribution in [2.75, 3.05) is 7.11 Å². The Labute approximate surface area is 157 Å². The molecule has 0 fully saturated rings. The second-order valence-electron chi connectivity index (χ2n) is 5.01. The summed E-state index contributed by atoms with van der Waals surface area (Å²) < 4.78 is 7.44. The molecular weight excluding hydrogens is 410 g/mol. The van der Waals surface area contributed by atoms with Gasteiger partial charge in [-0.3, -0.25) is 4.79 Å². The van der Waals surface area contributed by atoms with Gasteiger partial charge in [0.15, 0.2) is 5.82 Å². The van der Waals surface area contributed by atoms with Crippen molar-refractivity contribution in [2.24, 2.45) is 0 Å². The Morgan fingerprint density at radius 2 is 2.04 bits per heavy atom. The van der Waals surface area contributed by atoms with Crippen LogP contribution in [0.15, 0.2) is 46.9 Å². The second-order valence-corrected chi connectivity index (χ2v) is 6.33. The lowest BCUT2D eigenvalue weighted by Crippen LogP contribution is -2.25. The first-order valence-electron chi connectivity index (χ1n) is 7.23. The maximum atomic E-state index is 12.3. The summed E-state index contributed by atoms with van der Waals surface area (Å²) in [6, 6.07) is 12.3. The number of amides is 1. The normalized spacial score (nSPS) is 10.5. The molecule has 25 heavy (non-hydrogen) atoms. The number of aromatic nitrogens is 4. The lowest BCUT2D eigenvalue weighted by molar-refractivity contribution is 0.0949. The molecule has 0 atom stereocenters. The van der Waals surface area contributed by atoms with Gasteiger partial charge >= 0.3 is 0 Å². The van der Waals surface area contributed by atoms with Gasteiger partial charge in [0.05, 0.1) is 29.9 Å². The van der Waals surface area contributed by atoms with Crippen molar-refractivity contribution in [2.45, 2.75) is 6.54 Å². The first kappa shape index (κ1) is 17.4. The molecule has 0 radical (unpaired) electrons. The zero-order valence-electron chi connectivity index (χ0n) is 13.1. The zero-order valence-corrected chi connectivity index (χ0v) is 15.5. The van der Waals surface area contributed by atoms with Crippen molar-refractivity contribution in [3.63, 3.8) is 0 Å². The first-order valence-corrected chi connectivity index (χ1v) is 8.40. The summed E-state index contributed by atoms with van der Waals surface area (Å²) in [5.41, 5.74) is 1.13. The molecule has 0 aliphatic heterocycles. The van der Waals surface area contributed by atoms with Crippen LogP contribution in [0.3, 0.4) is 0 Å². The molecule has 2 aromatic carbocycles. The van der Waals surface area contributed by atoms with Crippen molar-refractivity contribution in [1.29, 1.82) is 0 Å². The highest BCUT2D eigenvalue weighted by Crippen LogP contribution is 2.21. The van der Waals surface area contributed by atoms with E-state index in [-0.39, 0.29) is 12.5 Å². The van der Waals surface area contributed by atoms with E-state index >= 15 is 0 Å². The fourth-order valence-electron chi connectivity index (χ4n) is 2.17. The highest BCUT2D eigenvalue weighted by Gasteiger charge is 2.14. The predicted molar refractivity (Wildman–Crippen MR) is 96.0 cm³/mol. The van der Waals surface area contributed by atoms with Crippen LogP contribution in [-0.4, -0.2) is 33.2 Å². The van der Waals surface area contributed by atoms with Crippen LogP contribution in [0.4, 0.5) is 0 Å². The summed E-state index contributed by atoms with van der Waals surface area (Å²) >= 11 is 9.39. The highest BCUT2D eigenvalue weighted by atomic mass is 79.9. The van der Waals surface area contributed by atoms with Crippen molar-refractivity contribution < 1.29 is 9.53 Å². The summed E-state index contributed by atoms with van der Waals surface area (Å²) in [7, 11) is 1.60. The zero-order chi connectivity index (χ0) is 17.8. The van der Waals surface area contributed by atoms with Crippen LogP contribution in [0.25, 0.3) is 5.69 Å². The number of methoxy groups -OCH3 is 1. The van der Waals surface area contributed by atoms with E-state index in [1.807, 2.05) is 12.1 Å². The molecule has 128 valence electrons. The topological polar surface area (TPSA) is 81.9 Å². The van der Waals surface area contributed by atoms with Crippen molar-refractivity contribution in [3.8, 4) is 11.4 Å². The van der Waals surface area contributed by atoms with Gasteiger partial charge < -0.3 is 10.1 Å². The summed E-state index contributed by atoms with van der Waals surface area (Å²) in [5.74, 6) is 0.913. The van der Waals surface area contributed by atoms with Gasteiger partial charge in [-0.2, -0.15) is 4.68 Å². The molecule has 0 saturated heterocycles. The van der Waals surface area contributed by atoms with Crippen LogP contribution < -0.4 is 10.1 Å². The fourth-order valence-corrected chi connectivity index (χ4v) is 2.73. The van der Waals surface area contributed by atoms with E-state index in [9.17, 15) is 4.79 Å². The molecule has 0 aliphatic carbocycles. The van der Waals surface area contributed by atoms with Crippen LogP contribution >= 0.6 is 27.5 Å². The van der Waals surface area contributed by atoms with Gasteiger partial charge in [0.2, 0.25) is 0 Å². The van der Waals surface area contributed by atoms with E-state index in [0.29, 0.717) is 16.4 Å². The van der Waals surface area contributed by atoms with Crippen LogP contribution in [-0.2, 0) is 6.54 Å². The standard InChI is InChI=1S/C16H13BrClN5O2/c1-25-12-5-3-11(4-6-12)23-15(20-21-22-23)9-19-16(24)13-8-10(17)2-7-14(13)18/h2-8H,9H2,1H3,(H,19,24). The molecule has 1 amide bonds. The Balaban J connectivity index is 1.75. The van der Waals surface area contributed by atoms with Crippen LogP contribution in [0.2, 0.25) is 5.02 Å². The minimum absolute atomic E-state index is 0.153. The average molecular weight is 423 g/mol. The highest BCUT2D eigenvalue weighted by molar-refractivity contribution is 9.10. The van der Waals surface area contributed by atoms with Crippen LogP contribution in [0.5, 0.6) is 5.75 Å². The Morgan fingerprint density at radius 3 is 2.76 bits per heavy atom. The minimum atomic E-state index is -0.310. The van der Waals surface area contributed by atoms with Gasteiger partial charge in [-0.1, -0.05) is 27.5 Å². The minimum Gasteiger partial charge on any atom is -0.497 e. The molecule has 9 heteroatoms. The number of hydrogen-bond donors (Lipinski definition) is 1. The van der Waals surface area contributed by atoms with E-state index < -0.39 is 0 Å². The summed E-state index contributed by atoms with van der Waals surface area (Å²) in [4.78, 5) is 12.3. The lowest BCUT2D eigenvalue weighted by atomic mass is 10.2. The number of ether oxygens (including phenoxy) is 1. The van der Waals surface area contributed by atoms with E-state index in [4.69, 9.17) is 16.3 Å². The van der Waals surface area contributed by atoms with Gasteiger partial charge in [-0.05, 0) is 52.9 Å². The summed E-state index contributed by atoms with van der Waals surface area (Å²) in [6.45, 7) is 0.153. The quantitative estimate of drug-likeness (QED) is 0.683. The van der Waals surface area contributed by atoms with E-state index in [1.54, 1.807) is 42.1 Å². The average Bonchev–Trinajstić information content (AvgIpc) is 3.10. The number of benzene rings is 2. The third-order valence-corrected chi connectivity index (χ3v) is 4.25. The van der Waals surface area contributed by atoms with Gasteiger partial charge in [0.1, 0.15) is 5.75 Å². The largest absolute Gasteiger partial charge is 0.497 e. The molecule has 0 spiro atoms. The molecule has 0 bridgehead atoms. The molecule has 0 aliphatic rings. The Kier molecular flexibility index (Phi) is 5.30. The lowest BCUT2D eigenvalue weighted by Gasteiger charge is -2.08. The number of rotatable bonds is 5. The number of nitrogens with zero attached hydrogens (tertiary/aromatic N) is 4. The summed E-state index contributed by atoms with van der Waals surface area (Å²) in [5, 5.41) is 14.7. The van der Waals surface area contributed by atoms with E-state index in [2.05, 4.69) is 36.8 Å². The third kappa shape index (κ3) is 3.97. The molecule has 0 unspecified atom stereocenters. The number of carbonyl (C=O) groups excluding carboxylic acids is 1. The monoisotopic (exact) mass is 421 g/mol. The first-order chi connectivity index (χ1) is 12.1. The number of nitrogens with one attached hydrogen (secondary N) is 1. The molecule has 3 rings (SSSR count). The molecule has 0 saturated carbocycles. The Morgan fingerprint density at radius 1 is 1.28 bits per heavy atom. The molecule has 1 N–H and O–H groups in total. The Hall–Kier alpha value is -2.45. The number of halogens is 2. The smallest absolute Gasteiger partial charge is 0.253 e.